The third kappa shape index (κ3) is 4.26. The molecular formula is C16H16ClFN2O. The fourth-order valence-corrected chi connectivity index (χ4v) is 2.24. The number of ketones is 1. The number of hydrogen-bond donors (Lipinski definition) is 1. The maximum Gasteiger partial charge on any atom is 0.163 e. The standard InChI is InChI=1S/C16H16ClFN2O/c1-19-16-10-12(7-8-20-16)15(21)4-2-3-11-5-6-14(18)13(17)9-11/h5-10H,2-4H2,1H3,(H,19,20). The van der Waals surface area contributed by atoms with Crippen molar-refractivity contribution in [3.63, 3.8) is 0 Å². The van der Waals surface area contributed by atoms with Crippen molar-refractivity contribution in [2.24, 2.45) is 0 Å². The summed E-state index contributed by atoms with van der Waals surface area (Å²) in [7, 11) is 1.76. The van der Waals surface area contributed by atoms with Gasteiger partial charge in [0.2, 0.25) is 0 Å². The van der Waals surface area contributed by atoms with Crippen LogP contribution in [-0.2, 0) is 6.42 Å². The molecule has 0 aliphatic heterocycles. The number of aryl methyl sites for hydroxylation is 1. The van der Waals surface area contributed by atoms with Crippen LogP contribution in [0.25, 0.3) is 0 Å². The molecule has 1 aromatic carbocycles. The molecule has 0 amide bonds. The van der Waals surface area contributed by atoms with Crippen LogP contribution < -0.4 is 5.32 Å². The molecule has 2 aromatic rings. The maximum absolute atomic E-state index is 13.0. The van der Waals surface area contributed by atoms with Crippen LogP contribution in [0.15, 0.2) is 36.5 Å². The Labute approximate surface area is 128 Å². The van der Waals surface area contributed by atoms with Crippen molar-refractivity contribution in [1.29, 1.82) is 0 Å². The molecule has 21 heavy (non-hydrogen) atoms. The number of nitrogens with zero attached hydrogens (tertiary/aromatic N) is 1. The van der Waals surface area contributed by atoms with Crippen LogP contribution in [0, 0.1) is 5.82 Å². The molecule has 0 aliphatic carbocycles. The van der Waals surface area contributed by atoms with Gasteiger partial charge in [0.25, 0.3) is 0 Å². The summed E-state index contributed by atoms with van der Waals surface area (Å²) in [6.45, 7) is 0. The minimum atomic E-state index is -0.423. The minimum absolute atomic E-state index is 0.0714. The van der Waals surface area contributed by atoms with Crippen LogP contribution >= 0.6 is 11.6 Å². The number of rotatable bonds is 6. The van der Waals surface area contributed by atoms with E-state index in [2.05, 4.69) is 10.3 Å². The molecule has 5 heteroatoms. The maximum atomic E-state index is 13.0. The van der Waals surface area contributed by atoms with Gasteiger partial charge < -0.3 is 5.32 Å². The summed E-state index contributed by atoms with van der Waals surface area (Å²) in [6.07, 6.45) is 3.43. The van der Waals surface area contributed by atoms with Gasteiger partial charge in [0.1, 0.15) is 11.6 Å². The summed E-state index contributed by atoms with van der Waals surface area (Å²) in [5.41, 5.74) is 1.58. The smallest absolute Gasteiger partial charge is 0.163 e. The predicted octanol–water partition coefficient (Wildman–Crippen LogP) is 4.12. The van der Waals surface area contributed by atoms with Crippen molar-refractivity contribution in [3.8, 4) is 0 Å². The van der Waals surface area contributed by atoms with E-state index in [1.54, 1.807) is 37.5 Å². The zero-order chi connectivity index (χ0) is 15.2. The van der Waals surface area contributed by atoms with Crippen LogP contribution in [0.3, 0.4) is 0 Å². The fraction of sp³-hybridized carbons (Fsp3) is 0.250. The topological polar surface area (TPSA) is 42.0 Å². The highest BCUT2D eigenvalue weighted by Crippen LogP contribution is 2.18. The first-order valence-corrected chi connectivity index (χ1v) is 7.09. The molecule has 1 aromatic heterocycles. The highest BCUT2D eigenvalue weighted by atomic mass is 35.5. The van der Waals surface area contributed by atoms with Crippen LogP contribution in [0.5, 0.6) is 0 Å². The van der Waals surface area contributed by atoms with Gasteiger partial charge in [-0.2, -0.15) is 0 Å². The molecule has 0 aliphatic rings. The van der Waals surface area contributed by atoms with Crippen molar-refractivity contribution in [2.75, 3.05) is 12.4 Å². The Morgan fingerprint density at radius 2 is 2.14 bits per heavy atom. The second-order valence-corrected chi connectivity index (χ2v) is 5.11. The minimum Gasteiger partial charge on any atom is -0.373 e. The molecule has 3 nitrogen and oxygen atoms in total. The molecule has 0 saturated heterocycles. The third-order valence-corrected chi connectivity index (χ3v) is 3.48. The summed E-state index contributed by atoms with van der Waals surface area (Å²) in [5.74, 6) is 0.321. The molecule has 0 atom stereocenters. The van der Waals surface area contributed by atoms with Gasteiger partial charge in [0.05, 0.1) is 5.02 Å². The SMILES string of the molecule is CNc1cc(C(=O)CCCc2ccc(F)c(Cl)c2)ccn1. The van der Waals surface area contributed by atoms with Crippen molar-refractivity contribution < 1.29 is 9.18 Å². The number of nitrogens with one attached hydrogen (secondary N) is 1. The average molecular weight is 307 g/mol. The number of carbonyl (C=O) groups is 1. The van der Waals surface area contributed by atoms with Gasteiger partial charge in [0.15, 0.2) is 5.78 Å². The molecule has 0 fully saturated rings. The highest BCUT2D eigenvalue weighted by molar-refractivity contribution is 6.30. The van der Waals surface area contributed by atoms with E-state index in [0.29, 0.717) is 30.6 Å². The summed E-state index contributed by atoms with van der Waals surface area (Å²) in [5, 5.41) is 3.02. The molecule has 0 bridgehead atoms. The van der Waals surface area contributed by atoms with Gasteiger partial charge in [-0.25, -0.2) is 9.37 Å². The number of halogens is 2. The Kier molecular flexibility index (Phi) is 5.28. The van der Waals surface area contributed by atoms with Crippen LogP contribution in [-0.4, -0.2) is 17.8 Å². The molecule has 1 N–H and O–H groups in total. The normalized spacial score (nSPS) is 10.4. The largest absolute Gasteiger partial charge is 0.373 e. The molecular weight excluding hydrogens is 291 g/mol. The Balaban J connectivity index is 1.90. The van der Waals surface area contributed by atoms with E-state index >= 15 is 0 Å². The Hall–Kier alpha value is -1.94. The van der Waals surface area contributed by atoms with E-state index in [1.807, 2.05) is 0 Å². The van der Waals surface area contributed by atoms with Gasteiger partial charge in [0, 0.05) is 25.2 Å². The van der Waals surface area contributed by atoms with Gasteiger partial charge in [-0.05, 0) is 42.7 Å². The summed E-state index contributed by atoms with van der Waals surface area (Å²) in [4.78, 5) is 16.2. The van der Waals surface area contributed by atoms with Gasteiger partial charge in [-0.1, -0.05) is 17.7 Å². The first kappa shape index (κ1) is 15.4. The van der Waals surface area contributed by atoms with Crippen molar-refractivity contribution in [2.45, 2.75) is 19.3 Å². The monoisotopic (exact) mass is 306 g/mol. The molecule has 110 valence electrons. The lowest BCUT2D eigenvalue weighted by atomic mass is 10.0. The van der Waals surface area contributed by atoms with Crippen molar-refractivity contribution >= 4 is 23.2 Å². The van der Waals surface area contributed by atoms with Crippen molar-refractivity contribution in [1.82, 2.24) is 4.98 Å². The van der Waals surface area contributed by atoms with E-state index in [1.165, 1.54) is 6.07 Å². The number of carbonyl (C=O) groups excluding carboxylic acids is 1. The first-order valence-electron chi connectivity index (χ1n) is 6.71. The highest BCUT2D eigenvalue weighted by Gasteiger charge is 2.07. The summed E-state index contributed by atoms with van der Waals surface area (Å²) in [6, 6.07) is 8.08. The van der Waals surface area contributed by atoms with Gasteiger partial charge in [-0.3, -0.25) is 4.79 Å². The molecule has 0 spiro atoms. The molecule has 0 unspecified atom stereocenters. The molecule has 2 rings (SSSR count). The van der Waals surface area contributed by atoms with Gasteiger partial charge >= 0.3 is 0 Å². The Morgan fingerprint density at radius 3 is 2.86 bits per heavy atom. The van der Waals surface area contributed by atoms with Crippen LogP contribution in [0.4, 0.5) is 10.2 Å². The lowest BCUT2D eigenvalue weighted by molar-refractivity contribution is 0.0980. The van der Waals surface area contributed by atoms with Gasteiger partial charge in [-0.15, -0.1) is 0 Å². The van der Waals surface area contributed by atoms with Crippen molar-refractivity contribution in [3.05, 3.63) is 58.5 Å². The first-order chi connectivity index (χ1) is 10.1. The second kappa shape index (κ2) is 7.18. The fourth-order valence-electron chi connectivity index (χ4n) is 2.03. The zero-order valence-corrected chi connectivity index (χ0v) is 12.5. The quantitative estimate of drug-likeness (QED) is 0.816. The second-order valence-electron chi connectivity index (χ2n) is 4.70. The average Bonchev–Trinajstić information content (AvgIpc) is 2.50. The Bertz CT molecular complexity index is 646. The van der Waals surface area contributed by atoms with E-state index in [9.17, 15) is 9.18 Å². The summed E-state index contributed by atoms with van der Waals surface area (Å²) < 4.78 is 13.0. The predicted molar refractivity (Wildman–Crippen MR) is 82.5 cm³/mol. The van der Waals surface area contributed by atoms with Crippen LogP contribution in [0.2, 0.25) is 5.02 Å². The lowest BCUT2D eigenvalue weighted by Crippen LogP contribution is -2.02. The summed E-state index contributed by atoms with van der Waals surface area (Å²) >= 11 is 5.73. The number of anilines is 1. The number of Topliss-reactive ketones (excluding diaryl/α,β-unsaturated/α-hetero) is 1. The third-order valence-electron chi connectivity index (χ3n) is 3.19. The lowest BCUT2D eigenvalue weighted by Gasteiger charge is -2.05. The molecule has 0 saturated carbocycles. The zero-order valence-electron chi connectivity index (χ0n) is 11.7. The van der Waals surface area contributed by atoms with E-state index in [-0.39, 0.29) is 10.8 Å². The number of pyridine rings is 1. The number of benzene rings is 1. The molecule has 0 radical (unpaired) electrons. The van der Waals surface area contributed by atoms with E-state index < -0.39 is 5.82 Å². The van der Waals surface area contributed by atoms with E-state index in [4.69, 9.17) is 11.6 Å². The van der Waals surface area contributed by atoms with E-state index in [0.717, 1.165) is 5.56 Å². The molecule has 1 heterocycles. The Morgan fingerprint density at radius 1 is 1.33 bits per heavy atom. The number of aromatic nitrogens is 1. The number of hydrogen-bond acceptors (Lipinski definition) is 3. The van der Waals surface area contributed by atoms with Crippen LogP contribution in [0.1, 0.15) is 28.8 Å².